The minimum Gasteiger partial charge on any atom is -0.497 e. The number of nitrogens with zero attached hydrogens (tertiary/aromatic N) is 3. The Labute approximate surface area is 229 Å². The number of hydrogen-bond acceptors (Lipinski definition) is 5. The second kappa shape index (κ2) is 11.7. The van der Waals surface area contributed by atoms with Gasteiger partial charge in [0.2, 0.25) is 0 Å². The SMILES string of the molecule is COc1ccc(CN(C)c2cc3nc(C)c(-c4ccc(F)c(NC(=O)NCCC(C)(C)C)c4)cc3cn2)cc1. The highest BCUT2D eigenvalue weighted by Gasteiger charge is 2.14. The van der Waals surface area contributed by atoms with E-state index >= 15 is 0 Å². The standard InChI is InChI=1S/C31H36FN5O2/c1-20-25(22-9-12-26(32)28(16-22)36-30(38)33-14-13-31(2,3)4)15-23-18-34-29(17-27(23)35-20)37(5)19-21-7-10-24(39-6)11-8-21/h7-12,15-18H,13-14,19H2,1-6H3,(H2,33,36,38). The molecule has 0 saturated heterocycles. The second-order valence-corrected chi connectivity index (χ2v) is 10.9. The van der Waals surface area contributed by atoms with Gasteiger partial charge in [0, 0.05) is 49.0 Å². The first kappa shape index (κ1) is 27.8. The fraction of sp³-hybridized carbons (Fsp3) is 0.323. The van der Waals surface area contributed by atoms with Gasteiger partial charge in [0.25, 0.3) is 0 Å². The topological polar surface area (TPSA) is 79.4 Å². The van der Waals surface area contributed by atoms with Crippen molar-refractivity contribution in [3.63, 3.8) is 0 Å². The summed E-state index contributed by atoms with van der Waals surface area (Å²) in [7, 11) is 3.65. The Morgan fingerprint density at radius 3 is 2.51 bits per heavy atom. The molecule has 39 heavy (non-hydrogen) atoms. The Hall–Kier alpha value is -4.20. The molecule has 0 aliphatic heterocycles. The van der Waals surface area contributed by atoms with E-state index < -0.39 is 11.8 Å². The fourth-order valence-corrected chi connectivity index (χ4v) is 4.25. The van der Waals surface area contributed by atoms with Crippen molar-refractivity contribution in [2.45, 2.75) is 40.7 Å². The summed E-state index contributed by atoms with van der Waals surface area (Å²) in [6, 6.07) is 16.2. The molecule has 2 aromatic carbocycles. The Morgan fingerprint density at radius 1 is 1.08 bits per heavy atom. The van der Waals surface area contributed by atoms with Crippen molar-refractivity contribution in [3.8, 4) is 16.9 Å². The fourth-order valence-electron chi connectivity index (χ4n) is 4.25. The van der Waals surface area contributed by atoms with Crippen molar-refractivity contribution >= 4 is 28.4 Å². The Kier molecular flexibility index (Phi) is 8.33. The number of carbonyl (C=O) groups is 1. The zero-order chi connectivity index (χ0) is 28.2. The Morgan fingerprint density at radius 2 is 1.82 bits per heavy atom. The van der Waals surface area contributed by atoms with Gasteiger partial charge in [0.05, 0.1) is 18.3 Å². The molecule has 0 saturated carbocycles. The number of amides is 2. The first-order valence-electron chi connectivity index (χ1n) is 13.0. The molecule has 4 rings (SSSR count). The van der Waals surface area contributed by atoms with Crippen LogP contribution in [0.2, 0.25) is 0 Å². The van der Waals surface area contributed by atoms with Crippen LogP contribution in [0.3, 0.4) is 0 Å². The van der Waals surface area contributed by atoms with Crippen LogP contribution < -0.4 is 20.3 Å². The molecule has 0 aliphatic rings. The molecule has 8 heteroatoms. The van der Waals surface area contributed by atoms with Crippen molar-refractivity contribution in [2.75, 3.05) is 30.9 Å². The maximum absolute atomic E-state index is 14.5. The minimum atomic E-state index is -0.498. The average molecular weight is 530 g/mol. The van der Waals surface area contributed by atoms with Gasteiger partial charge in [0.15, 0.2) is 0 Å². The average Bonchev–Trinajstić information content (AvgIpc) is 2.89. The van der Waals surface area contributed by atoms with E-state index in [1.54, 1.807) is 25.4 Å². The number of ether oxygens (including phenoxy) is 1. The molecule has 2 N–H and O–H groups in total. The number of fused-ring (bicyclic) bond motifs is 1. The summed E-state index contributed by atoms with van der Waals surface area (Å²) < 4.78 is 19.8. The number of rotatable bonds is 8. The molecule has 2 amide bonds. The molecule has 4 aromatic rings. The lowest BCUT2D eigenvalue weighted by Gasteiger charge is -2.19. The molecule has 0 bridgehead atoms. The smallest absolute Gasteiger partial charge is 0.319 e. The number of carbonyl (C=O) groups excluding carboxylic acids is 1. The zero-order valence-corrected chi connectivity index (χ0v) is 23.4. The van der Waals surface area contributed by atoms with Crippen LogP contribution in [0, 0.1) is 18.2 Å². The van der Waals surface area contributed by atoms with Gasteiger partial charge in [-0.2, -0.15) is 0 Å². The van der Waals surface area contributed by atoms with Gasteiger partial charge < -0.3 is 20.3 Å². The number of nitrogens with one attached hydrogen (secondary N) is 2. The molecular formula is C31H36FN5O2. The van der Waals surface area contributed by atoms with Gasteiger partial charge >= 0.3 is 6.03 Å². The van der Waals surface area contributed by atoms with E-state index in [2.05, 4.69) is 41.3 Å². The van der Waals surface area contributed by atoms with Crippen molar-refractivity contribution < 1.29 is 13.9 Å². The number of methoxy groups -OCH3 is 1. The third kappa shape index (κ3) is 7.22. The number of benzene rings is 2. The molecule has 204 valence electrons. The summed E-state index contributed by atoms with van der Waals surface area (Å²) in [4.78, 5) is 23.9. The molecule has 2 heterocycles. The summed E-state index contributed by atoms with van der Waals surface area (Å²) in [5.74, 6) is 1.13. The van der Waals surface area contributed by atoms with Gasteiger partial charge in [-0.1, -0.05) is 39.0 Å². The highest BCUT2D eigenvalue weighted by molar-refractivity contribution is 5.91. The minimum absolute atomic E-state index is 0.0979. The van der Waals surface area contributed by atoms with Crippen molar-refractivity contribution in [3.05, 3.63) is 77.9 Å². The number of anilines is 2. The van der Waals surface area contributed by atoms with Gasteiger partial charge in [-0.3, -0.25) is 4.98 Å². The van der Waals surface area contributed by atoms with Crippen LogP contribution in [0.25, 0.3) is 22.0 Å². The largest absolute Gasteiger partial charge is 0.497 e. The maximum atomic E-state index is 14.5. The summed E-state index contributed by atoms with van der Waals surface area (Å²) in [6.07, 6.45) is 2.62. The number of pyridine rings is 2. The highest BCUT2D eigenvalue weighted by atomic mass is 19.1. The van der Waals surface area contributed by atoms with Crippen LogP contribution in [0.5, 0.6) is 5.75 Å². The second-order valence-electron chi connectivity index (χ2n) is 10.9. The van der Waals surface area contributed by atoms with Crippen molar-refractivity contribution in [2.24, 2.45) is 5.41 Å². The van der Waals surface area contributed by atoms with Gasteiger partial charge in [0.1, 0.15) is 17.4 Å². The van der Waals surface area contributed by atoms with E-state index in [0.717, 1.165) is 51.3 Å². The van der Waals surface area contributed by atoms with Crippen LogP contribution in [0.1, 0.15) is 38.4 Å². The lowest BCUT2D eigenvalue weighted by molar-refractivity contribution is 0.250. The summed E-state index contributed by atoms with van der Waals surface area (Å²) in [5, 5.41) is 6.31. The number of urea groups is 1. The number of halogens is 1. The lowest BCUT2D eigenvalue weighted by atomic mass is 9.92. The van der Waals surface area contributed by atoms with Crippen molar-refractivity contribution in [1.29, 1.82) is 0 Å². The quantitative estimate of drug-likeness (QED) is 0.258. The molecule has 7 nitrogen and oxygen atoms in total. The molecule has 0 fully saturated rings. The van der Waals surface area contributed by atoms with E-state index in [4.69, 9.17) is 9.72 Å². The third-order valence-electron chi connectivity index (χ3n) is 6.53. The third-order valence-corrected chi connectivity index (χ3v) is 6.53. The van der Waals surface area contributed by atoms with Gasteiger partial charge in [-0.25, -0.2) is 14.2 Å². The maximum Gasteiger partial charge on any atom is 0.319 e. The predicted molar refractivity (Wildman–Crippen MR) is 156 cm³/mol. The lowest BCUT2D eigenvalue weighted by Crippen LogP contribution is -2.31. The van der Waals surface area contributed by atoms with Crippen LogP contribution >= 0.6 is 0 Å². The van der Waals surface area contributed by atoms with Crippen molar-refractivity contribution in [1.82, 2.24) is 15.3 Å². The van der Waals surface area contributed by atoms with Crippen LogP contribution in [-0.2, 0) is 6.54 Å². The van der Waals surface area contributed by atoms with E-state index in [9.17, 15) is 9.18 Å². The van der Waals surface area contributed by atoms with Gasteiger partial charge in [-0.15, -0.1) is 0 Å². The Bertz CT molecular complexity index is 1460. The Balaban J connectivity index is 1.52. The number of hydrogen-bond donors (Lipinski definition) is 2. The summed E-state index contributed by atoms with van der Waals surface area (Å²) in [6.45, 7) is 9.43. The predicted octanol–water partition coefficient (Wildman–Crippen LogP) is 6.95. The number of aryl methyl sites for hydroxylation is 1. The zero-order valence-electron chi connectivity index (χ0n) is 23.4. The molecule has 2 aromatic heterocycles. The first-order chi connectivity index (χ1) is 18.5. The molecule has 0 atom stereocenters. The first-order valence-corrected chi connectivity index (χ1v) is 13.0. The number of aromatic nitrogens is 2. The molecule has 0 radical (unpaired) electrons. The van der Waals surface area contributed by atoms with E-state index in [1.807, 2.05) is 50.4 Å². The van der Waals surface area contributed by atoms with Crippen LogP contribution in [0.4, 0.5) is 20.7 Å². The monoisotopic (exact) mass is 529 g/mol. The van der Waals surface area contributed by atoms with Crippen LogP contribution in [0.15, 0.2) is 60.8 Å². The summed E-state index contributed by atoms with van der Waals surface area (Å²) >= 11 is 0. The van der Waals surface area contributed by atoms with E-state index in [1.165, 1.54) is 6.07 Å². The summed E-state index contributed by atoms with van der Waals surface area (Å²) in [5.41, 5.74) is 4.58. The molecule has 0 spiro atoms. The normalized spacial score (nSPS) is 11.4. The van der Waals surface area contributed by atoms with E-state index in [0.29, 0.717) is 13.1 Å². The van der Waals surface area contributed by atoms with E-state index in [-0.39, 0.29) is 11.1 Å². The van der Waals surface area contributed by atoms with Crippen LogP contribution in [-0.4, -0.2) is 36.7 Å². The molecular weight excluding hydrogens is 493 g/mol. The molecule has 0 unspecified atom stereocenters. The highest BCUT2D eigenvalue weighted by Crippen LogP contribution is 2.30. The van der Waals surface area contributed by atoms with Gasteiger partial charge in [-0.05, 0) is 60.2 Å². The molecule has 0 aliphatic carbocycles.